The van der Waals surface area contributed by atoms with Gasteiger partial charge in [-0.1, -0.05) is 176 Å². The highest BCUT2D eigenvalue weighted by atomic mass is 16.3. The summed E-state index contributed by atoms with van der Waals surface area (Å²) < 4.78 is 6.61. The summed E-state index contributed by atoms with van der Waals surface area (Å²) in [4.78, 5) is 0. The molecule has 1 heteroatoms. The number of rotatable bonds is 3. The molecule has 0 bridgehead atoms. The van der Waals surface area contributed by atoms with Gasteiger partial charge in [-0.3, -0.25) is 0 Å². The lowest BCUT2D eigenvalue weighted by Crippen LogP contribution is -1.90. The first-order valence-electron chi connectivity index (χ1n) is 20.4. The van der Waals surface area contributed by atoms with Gasteiger partial charge in [0.1, 0.15) is 11.2 Å². The topological polar surface area (TPSA) is 13.1 Å². The first-order chi connectivity index (χ1) is 29.3. The smallest absolute Gasteiger partial charge is 0.143 e. The Labute approximate surface area is 340 Å². The van der Waals surface area contributed by atoms with Crippen molar-refractivity contribution >= 4 is 97.3 Å². The molecular formula is C58H34O. The Morgan fingerprint density at radius 1 is 0.237 bits per heavy atom. The second-order valence-electron chi connectivity index (χ2n) is 15.9. The molecule has 0 saturated heterocycles. The van der Waals surface area contributed by atoms with Crippen LogP contribution < -0.4 is 0 Å². The highest BCUT2D eigenvalue weighted by Gasteiger charge is 2.18. The first kappa shape index (κ1) is 32.4. The van der Waals surface area contributed by atoms with Crippen molar-refractivity contribution in [1.82, 2.24) is 0 Å². The minimum atomic E-state index is 0.910. The maximum Gasteiger partial charge on any atom is 0.143 e. The number of furan rings is 1. The van der Waals surface area contributed by atoms with Crippen molar-refractivity contribution < 1.29 is 4.42 Å². The van der Waals surface area contributed by atoms with Crippen LogP contribution in [-0.4, -0.2) is 0 Å². The van der Waals surface area contributed by atoms with E-state index in [1.54, 1.807) is 0 Å². The summed E-state index contributed by atoms with van der Waals surface area (Å²) in [5.41, 5.74) is 9.11. The van der Waals surface area contributed by atoms with Crippen molar-refractivity contribution in [2.24, 2.45) is 0 Å². The maximum atomic E-state index is 6.61. The zero-order valence-electron chi connectivity index (χ0n) is 32.0. The Morgan fingerprint density at radius 2 is 0.712 bits per heavy atom. The van der Waals surface area contributed by atoms with Crippen LogP contribution in [0.4, 0.5) is 0 Å². The highest BCUT2D eigenvalue weighted by Crippen LogP contribution is 2.46. The van der Waals surface area contributed by atoms with Crippen molar-refractivity contribution in [2.45, 2.75) is 0 Å². The minimum Gasteiger partial charge on any atom is -0.455 e. The van der Waals surface area contributed by atoms with Crippen LogP contribution in [0.25, 0.3) is 131 Å². The molecular weight excluding hydrogens is 713 g/mol. The molecule has 0 aliphatic heterocycles. The van der Waals surface area contributed by atoms with E-state index in [1.807, 2.05) is 0 Å². The molecule has 1 nitrogen and oxygen atoms in total. The third-order valence-electron chi connectivity index (χ3n) is 12.8. The summed E-state index contributed by atoms with van der Waals surface area (Å²) in [6.45, 7) is 0. The molecule has 13 aromatic rings. The van der Waals surface area contributed by atoms with Crippen LogP contribution in [0.3, 0.4) is 0 Å². The van der Waals surface area contributed by atoms with E-state index >= 15 is 0 Å². The number of fused-ring (bicyclic) bond motifs is 17. The van der Waals surface area contributed by atoms with E-state index in [1.165, 1.54) is 97.8 Å². The van der Waals surface area contributed by atoms with Gasteiger partial charge in [0, 0.05) is 16.2 Å². The number of benzene rings is 12. The zero-order chi connectivity index (χ0) is 38.6. The van der Waals surface area contributed by atoms with E-state index in [-0.39, 0.29) is 0 Å². The van der Waals surface area contributed by atoms with E-state index in [9.17, 15) is 0 Å². The predicted octanol–water partition coefficient (Wildman–Crippen LogP) is 16.7. The predicted molar refractivity (Wildman–Crippen MR) is 253 cm³/mol. The van der Waals surface area contributed by atoms with Crippen LogP contribution in [0.2, 0.25) is 0 Å². The summed E-state index contributed by atoms with van der Waals surface area (Å²) in [6.07, 6.45) is 0. The van der Waals surface area contributed by atoms with Crippen molar-refractivity contribution in [2.75, 3.05) is 0 Å². The molecule has 272 valence electrons. The molecule has 0 aliphatic carbocycles. The summed E-state index contributed by atoms with van der Waals surface area (Å²) >= 11 is 0. The van der Waals surface area contributed by atoms with Crippen LogP contribution >= 0.6 is 0 Å². The van der Waals surface area contributed by atoms with E-state index in [2.05, 4.69) is 206 Å². The third kappa shape index (κ3) is 4.73. The Morgan fingerprint density at radius 3 is 1.37 bits per heavy atom. The Balaban J connectivity index is 1.02. The summed E-state index contributed by atoms with van der Waals surface area (Å²) in [7, 11) is 0. The molecule has 0 spiro atoms. The molecule has 0 N–H and O–H groups in total. The van der Waals surface area contributed by atoms with Crippen molar-refractivity contribution in [3.05, 3.63) is 206 Å². The molecule has 0 aliphatic rings. The lowest BCUT2D eigenvalue weighted by atomic mass is 9.85. The number of hydrogen-bond acceptors (Lipinski definition) is 1. The normalized spacial score (nSPS) is 12.1. The quantitative estimate of drug-likeness (QED) is 0.164. The molecule has 0 fully saturated rings. The molecule has 0 saturated carbocycles. The van der Waals surface area contributed by atoms with Gasteiger partial charge in [-0.2, -0.15) is 0 Å². The van der Waals surface area contributed by atoms with Gasteiger partial charge in [-0.15, -0.1) is 0 Å². The molecule has 1 aromatic heterocycles. The Bertz CT molecular complexity index is 3890. The lowest BCUT2D eigenvalue weighted by molar-refractivity contribution is 0.673. The zero-order valence-corrected chi connectivity index (χ0v) is 32.0. The van der Waals surface area contributed by atoms with E-state index in [4.69, 9.17) is 4.42 Å². The van der Waals surface area contributed by atoms with E-state index < -0.39 is 0 Å². The largest absolute Gasteiger partial charge is 0.455 e. The van der Waals surface area contributed by atoms with Crippen LogP contribution in [0.5, 0.6) is 0 Å². The molecule has 0 unspecified atom stereocenters. The van der Waals surface area contributed by atoms with Crippen molar-refractivity contribution in [3.8, 4) is 33.4 Å². The second kappa shape index (κ2) is 12.4. The van der Waals surface area contributed by atoms with Crippen LogP contribution in [0.1, 0.15) is 0 Å². The molecule has 12 aromatic carbocycles. The highest BCUT2D eigenvalue weighted by molar-refractivity contribution is 6.39. The second-order valence-corrected chi connectivity index (χ2v) is 15.9. The van der Waals surface area contributed by atoms with Gasteiger partial charge in [0.15, 0.2) is 0 Å². The Kier molecular flexibility index (Phi) is 6.79. The van der Waals surface area contributed by atoms with Crippen LogP contribution in [0, 0.1) is 0 Å². The van der Waals surface area contributed by atoms with Gasteiger partial charge in [0.25, 0.3) is 0 Å². The number of hydrogen-bond donors (Lipinski definition) is 0. The van der Waals surface area contributed by atoms with Gasteiger partial charge in [0.05, 0.1) is 0 Å². The minimum absolute atomic E-state index is 0.910. The molecule has 1 heterocycles. The standard InChI is InChI=1S/C58H34O/c1-2-12-35(13-3-1)37-25-29-50-53(32-37)45-16-6-8-18-48(45)57-51-30-27-38(33-54(51)46-17-7-9-19-49(46)56(50)57)40-20-10-23-44-41(21-11-22-43(40)44)39-26-28-47-52-31-24-36-14-4-5-15-42(36)58(52)59-55(47)34-39/h1-34H. The Hall–Kier alpha value is -7.74. The van der Waals surface area contributed by atoms with Crippen molar-refractivity contribution in [3.63, 3.8) is 0 Å². The summed E-state index contributed by atoms with van der Waals surface area (Å²) in [6, 6.07) is 75.8. The average molecular weight is 747 g/mol. The SMILES string of the molecule is c1ccc(-c2ccc3c(c2)c2ccccc2c2c4ccc(-c5cccc6c(-c7ccc8c(c7)oc7c9ccccc9ccc87)cccc56)cc4c4ccccc4c32)cc1. The third-order valence-corrected chi connectivity index (χ3v) is 12.8. The molecule has 0 atom stereocenters. The summed E-state index contributed by atoms with van der Waals surface area (Å²) in [5.74, 6) is 0. The fraction of sp³-hybridized carbons (Fsp3) is 0. The maximum absolute atomic E-state index is 6.61. The van der Waals surface area contributed by atoms with Crippen LogP contribution in [-0.2, 0) is 0 Å². The fourth-order valence-electron chi connectivity index (χ4n) is 10.1. The van der Waals surface area contributed by atoms with Crippen molar-refractivity contribution in [1.29, 1.82) is 0 Å². The fourth-order valence-corrected chi connectivity index (χ4v) is 10.1. The lowest BCUT2D eigenvalue weighted by Gasteiger charge is -2.18. The van der Waals surface area contributed by atoms with Gasteiger partial charge < -0.3 is 4.42 Å². The van der Waals surface area contributed by atoms with E-state index in [0.29, 0.717) is 0 Å². The molecule has 13 rings (SSSR count). The summed E-state index contributed by atoms with van der Waals surface area (Å²) in [5, 5.41) is 20.0. The molecule has 59 heavy (non-hydrogen) atoms. The van der Waals surface area contributed by atoms with Gasteiger partial charge in [-0.25, -0.2) is 0 Å². The average Bonchev–Trinajstić information content (AvgIpc) is 3.69. The monoisotopic (exact) mass is 746 g/mol. The van der Waals surface area contributed by atoms with E-state index in [0.717, 1.165) is 32.9 Å². The van der Waals surface area contributed by atoms with Crippen LogP contribution in [0.15, 0.2) is 211 Å². The first-order valence-corrected chi connectivity index (χ1v) is 20.4. The molecule has 0 amide bonds. The van der Waals surface area contributed by atoms with Gasteiger partial charge in [0.2, 0.25) is 0 Å². The van der Waals surface area contributed by atoms with Gasteiger partial charge in [-0.05, 0) is 134 Å². The molecule has 0 radical (unpaired) electrons. The van der Waals surface area contributed by atoms with Gasteiger partial charge >= 0.3 is 0 Å².